The van der Waals surface area contributed by atoms with Gasteiger partial charge in [-0.05, 0) is 36.1 Å². The number of aliphatic hydroxyl groups excluding tert-OH is 1. The van der Waals surface area contributed by atoms with Gasteiger partial charge in [-0.25, -0.2) is 18.2 Å². The van der Waals surface area contributed by atoms with Crippen molar-refractivity contribution in [1.29, 1.82) is 0 Å². The summed E-state index contributed by atoms with van der Waals surface area (Å²) in [6, 6.07) is 13.3. The maximum absolute atomic E-state index is 13.5. The van der Waals surface area contributed by atoms with Crippen LogP contribution in [-0.4, -0.2) is 66.2 Å². The Balaban J connectivity index is 1.82. The number of carbonyl (C=O) groups is 1. The van der Waals surface area contributed by atoms with Gasteiger partial charge < -0.3 is 20.6 Å². The predicted molar refractivity (Wildman–Crippen MR) is 130 cm³/mol. The number of aromatic nitrogens is 2. The fraction of sp³-hybridized carbons (Fsp3) is 0.391. The Morgan fingerprint density at radius 1 is 1.21 bits per heavy atom. The Morgan fingerprint density at radius 3 is 2.56 bits per heavy atom. The Labute approximate surface area is 199 Å². The van der Waals surface area contributed by atoms with Crippen molar-refractivity contribution in [1.82, 2.24) is 14.3 Å². The summed E-state index contributed by atoms with van der Waals surface area (Å²) in [5.41, 5.74) is 8.08. The standard InChI is InChI=1S/C23H31N5O5S/c1-15(2)13-28(14-21(29)18(24)11-16-7-5-4-6-8-16)34(31,32)17-9-10-19-20(12-17)26-22(25-19)27-23(30)33-3/h4-10,12,15,18,21,29H,11,13-14,24H2,1-3H3,(H2,25,26,27,30)/t18-,21?/m0/s1. The summed E-state index contributed by atoms with van der Waals surface area (Å²) < 4.78 is 32.8. The number of aliphatic hydroxyl groups is 1. The molecule has 0 radical (unpaired) electrons. The van der Waals surface area contributed by atoms with Crippen molar-refractivity contribution >= 4 is 33.1 Å². The Hall–Kier alpha value is -2.99. The van der Waals surface area contributed by atoms with E-state index in [1.807, 2.05) is 44.2 Å². The first-order chi connectivity index (χ1) is 16.1. The molecule has 0 aliphatic carbocycles. The monoisotopic (exact) mass is 489 g/mol. The van der Waals surface area contributed by atoms with Crippen LogP contribution in [-0.2, 0) is 21.2 Å². The van der Waals surface area contributed by atoms with Gasteiger partial charge in [0.05, 0.1) is 29.1 Å². The average Bonchev–Trinajstić information content (AvgIpc) is 3.20. The second kappa shape index (κ2) is 11.0. The summed E-state index contributed by atoms with van der Waals surface area (Å²) in [4.78, 5) is 18.5. The van der Waals surface area contributed by atoms with Crippen LogP contribution in [0, 0.1) is 5.92 Å². The van der Waals surface area contributed by atoms with Crippen molar-refractivity contribution in [2.45, 2.75) is 37.3 Å². The molecule has 2 aromatic carbocycles. The van der Waals surface area contributed by atoms with Crippen LogP contribution in [0.2, 0.25) is 0 Å². The summed E-state index contributed by atoms with van der Waals surface area (Å²) in [5, 5.41) is 13.2. The topological polar surface area (TPSA) is 151 Å². The van der Waals surface area contributed by atoms with Crippen LogP contribution in [0.1, 0.15) is 19.4 Å². The molecule has 0 bridgehead atoms. The number of imidazole rings is 1. The molecular weight excluding hydrogens is 458 g/mol. The van der Waals surface area contributed by atoms with Crippen LogP contribution in [0.5, 0.6) is 0 Å². The van der Waals surface area contributed by atoms with Gasteiger partial charge in [0.2, 0.25) is 16.0 Å². The van der Waals surface area contributed by atoms with Gasteiger partial charge in [0.25, 0.3) is 0 Å². The number of sulfonamides is 1. The number of methoxy groups -OCH3 is 1. The second-order valence-corrected chi connectivity index (χ2v) is 10.5. The zero-order valence-corrected chi connectivity index (χ0v) is 20.2. The number of nitrogens with zero attached hydrogens (tertiary/aromatic N) is 2. The Kier molecular flexibility index (Phi) is 8.26. The summed E-state index contributed by atoms with van der Waals surface area (Å²) >= 11 is 0. The van der Waals surface area contributed by atoms with Crippen LogP contribution in [0.3, 0.4) is 0 Å². The van der Waals surface area contributed by atoms with Crippen molar-refractivity contribution in [3.8, 4) is 0 Å². The molecule has 3 aromatic rings. The van der Waals surface area contributed by atoms with E-state index in [2.05, 4.69) is 20.0 Å². The third-order valence-electron chi connectivity index (χ3n) is 5.26. The first kappa shape index (κ1) is 25.6. The van der Waals surface area contributed by atoms with E-state index in [1.54, 1.807) is 6.07 Å². The molecule has 0 fully saturated rings. The molecule has 10 nitrogen and oxygen atoms in total. The van der Waals surface area contributed by atoms with Crippen molar-refractivity contribution in [3.05, 3.63) is 54.1 Å². The van der Waals surface area contributed by atoms with Gasteiger partial charge in [0.1, 0.15) is 0 Å². The number of ether oxygens (including phenoxy) is 1. The molecule has 34 heavy (non-hydrogen) atoms. The molecule has 11 heteroatoms. The van der Waals surface area contributed by atoms with Gasteiger partial charge in [-0.15, -0.1) is 0 Å². The molecule has 1 heterocycles. The highest BCUT2D eigenvalue weighted by molar-refractivity contribution is 7.89. The first-order valence-electron chi connectivity index (χ1n) is 10.9. The fourth-order valence-corrected chi connectivity index (χ4v) is 5.20. The number of hydrogen-bond donors (Lipinski definition) is 4. The molecular formula is C23H31N5O5S. The Morgan fingerprint density at radius 2 is 1.91 bits per heavy atom. The first-order valence-corrected chi connectivity index (χ1v) is 12.4. The highest BCUT2D eigenvalue weighted by Gasteiger charge is 2.30. The van der Waals surface area contributed by atoms with Gasteiger partial charge in [-0.2, -0.15) is 4.31 Å². The molecule has 1 amide bonds. The minimum atomic E-state index is -3.95. The molecule has 0 aliphatic heterocycles. The number of carbonyl (C=O) groups excluding carboxylic acids is 1. The lowest BCUT2D eigenvalue weighted by Crippen LogP contribution is -2.47. The maximum Gasteiger partial charge on any atom is 0.413 e. The van der Waals surface area contributed by atoms with Gasteiger partial charge in [0, 0.05) is 19.1 Å². The smallest absolute Gasteiger partial charge is 0.413 e. The molecule has 5 N–H and O–H groups in total. The zero-order chi connectivity index (χ0) is 24.9. The van der Waals surface area contributed by atoms with Crippen LogP contribution in [0.15, 0.2) is 53.4 Å². The lowest BCUT2D eigenvalue weighted by Gasteiger charge is -2.28. The van der Waals surface area contributed by atoms with Crippen LogP contribution < -0.4 is 11.1 Å². The normalized spacial score (nSPS) is 13.9. The van der Waals surface area contributed by atoms with E-state index >= 15 is 0 Å². The van der Waals surface area contributed by atoms with Crippen molar-refractivity contribution in [3.63, 3.8) is 0 Å². The largest absolute Gasteiger partial charge is 0.453 e. The summed E-state index contributed by atoms with van der Waals surface area (Å²) in [7, 11) is -2.72. The fourth-order valence-electron chi connectivity index (χ4n) is 3.55. The summed E-state index contributed by atoms with van der Waals surface area (Å²) in [5.74, 6) is 0.164. The van der Waals surface area contributed by atoms with Crippen molar-refractivity contribution in [2.24, 2.45) is 11.7 Å². The summed E-state index contributed by atoms with van der Waals surface area (Å²) in [6.45, 7) is 3.89. The van der Waals surface area contributed by atoms with Gasteiger partial charge in [-0.1, -0.05) is 44.2 Å². The lowest BCUT2D eigenvalue weighted by atomic mass is 10.0. The van der Waals surface area contributed by atoms with Crippen LogP contribution >= 0.6 is 0 Å². The number of hydrogen-bond acceptors (Lipinski definition) is 7. The number of nitrogens with one attached hydrogen (secondary N) is 2. The predicted octanol–water partition coefficient (Wildman–Crippen LogP) is 2.32. The van der Waals surface area contributed by atoms with Gasteiger partial charge >= 0.3 is 6.09 Å². The third-order valence-corrected chi connectivity index (χ3v) is 7.09. The highest BCUT2D eigenvalue weighted by atomic mass is 32.2. The SMILES string of the molecule is COC(=O)Nc1nc2ccc(S(=O)(=O)N(CC(C)C)CC(O)[C@@H](N)Cc3ccccc3)cc2[nH]1. The van der Waals surface area contributed by atoms with E-state index in [-0.39, 0.29) is 29.9 Å². The number of H-pyrrole nitrogens is 1. The van der Waals surface area contributed by atoms with E-state index in [9.17, 15) is 18.3 Å². The van der Waals surface area contributed by atoms with E-state index in [4.69, 9.17) is 5.73 Å². The second-order valence-electron chi connectivity index (χ2n) is 8.52. The minimum absolute atomic E-state index is 0.0269. The van der Waals surface area contributed by atoms with Crippen LogP contribution in [0.4, 0.5) is 10.7 Å². The summed E-state index contributed by atoms with van der Waals surface area (Å²) in [6.07, 6.45) is -1.33. The average molecular weight is 490 g/mol. The number of anilines is 1. The van der Waals surface area contributed by atoms with Crippen molar-refractivity contribution in [2.75, 3.05) is 25.5 Å². The number of benzene rings is 2. The highest BCUT2D eigenvalue weighted by Crippen LogP contribution is 2.23. The number of rotatable bonds is 10. The van der Waals surface area contributed by atoms with Gasteiger partial charge in [-0.3, -0.25) is 5.32 Å². The molecule has 184 valence electrons. The van der Waals surface area contributed by atoms with Crippen LogP contribution in [0.25, 0.3) is 11.0 Å². The Bertz CT molecular complexity index is 1210. The molecule has 1 unspecified atom stereocenters. The van der Waals surface area contributed by atoms with Gasteiger partial charge in [0.15, 0.2) is 0 Å². The number of nitrogens with two attached hydrogens (primary N) is 1. The van der Waals surface area contributed by atoms with Crippen molar-refractivity contribution < 1.29 is 23.1 Å². The molecule has 0 aliphatic rings. The molecule has 2 atom stereocenters. The molecule has 3 rings (SSSR count). The third kappa shape index (κ3) is 6.32. The molecule has 0 saturated heterocycles. The number of aromatic amines is 1. The quantitative estimate of drug-likeness (QED) is 0.341. The minimum Gasteiger partial charge on any atom is -0.453 e. The van der Waals surface area contributed by atoms with E-state index < -0.39 is 28.3 Å². The van der Waals surface area contributed by atoms with E-state index in [1.165, 1.54) is 23.5 Å². The van der Waals surface area contributed by atoms with E-state index in [0.29, 0.717) is 17.5 Å². The molecule has 0 saturated carbocycles. The molecule has 0 spiro atoms. The number of amides is 1. The number of fused-ring (bicyclic) bond motifs is 1. The zero-order valence-electron chi connectivity index (χ0n) is 19.4. The lowest BCUT2D eigenvalue weighted by molar-refractivity contribution is 0.116. The molecule has 1 aromatic heterocycles. The van der Waals surface area contributed by atoms with E-state index in [0.717, 1.165) is 5.56 Å². The maximum atomic E-state index is 13.5.